The molecular formula is C15H21NO3. The van der Waals surface area contributed by atoms with E-state index in [0.717, 1.165) is 6.54 Å². The Labute approximate surface area is 113 Å². The van der Waals surface area contributed by atoms with E-state index in [0.29, 0.717) is 28.7 Å². The van der Waals surface area contributed by atoms with E-state index < -0.39 is 0 Å². The number of carbonyl (C=O) groups excluding carboxylic acids is 1. The second-order valence-corrected chi connectivity index (χ2v) is 6.30. The first-order valence-electron chi connectivity index (χ1n) is 7.07. The molecule has 19 heavy (non-hydrogen) atoms. The van der Waals surface area contributed by atoms with Crippen molar-refractivity contribution in [3.63, 3.8) is 0 Å². The molecule has 1 saturated heterocycles. The van der Waals surface area contributed by atoms with Crippen molar-refractivity contribution in [3.05, 3.63) is 23.7 Å². The molecule has 1 amide bonds. The van der Waals surface area contributed by atoms with Crippen molar-refractivity contribution in [2.24, 2.45) is 11.3 Å². The van der Waals surface area contributed by atoms with Gasteiger partial charge in [-0.15, -0.1) is 0 Å². The minimum Gasteiger partial charge on any atom is -0.466 e. The number of rotatable bonds is 3. The van der Waals surface area contributed by atoms with Crippen LogP contribution in [0, 0.1) is 11.3 Å². The molecule has 0 radical (unpaired) electrons. The van der Waals surface area contributed by atoms with Gasteiger partial charge < -0.3 is 14.4 Å². The monoisotopic (exact) mass is 263 g/mol. The average molecular weight is 263 g/mol. The van der Waals surface area contributed by atoms with E-state index in [1.807, 2.05) is 4.90 Å². The molecule has 1 aromatic rings. The quantitative estimate of drug-likeness (QED) is 0.911. The van der Waals surface area contributed by atoms with Crippen molar-refractivity contribution in [2.75, 3.05) is 6.54 Å². The Kier molecular flexibility index (Phi) is 2.93. The summed E-state index contributed by atoms with van der Waals surface area (Å²) in [5.74, 6) is 0.977. The highest BCUT2D eigenvalue weighted by Crippen LogP contribution is 2.55. The fraction of sp³-hybridized carbons (Fsp3) is 0.667. The summed E-state index contributed by atoms with van der Waals surface area (Å²) >= 11 is 0. The second-order valence-electron chi connectivity index (χ2n) is 6.30. The largest absolute Gasteiger partial charge is 0.466 e. The van der Waals surface area contributed by atoms with E-state index in [2.05, 4.69) is 13.8 Å². The molecule has 0 bridgehead atoms. The summed E-state index contributed by atoms with van der Waals surface area (Å²) < 4.78 is 5.14. The number of likely N-dealkylation sites (tertiary alicyclic amines) is 1. The number of furan rings is 1. The lowest BCUT2D eigenvalue weighted by atomic mass is 9.55. The fourth-order valence-corrected chi connectivity index (χ4v) is 3.84. The number of aliphatic hydroxyl groups excluding tert-OH is 1. The van der Waals surface area contributed by atoms with E-state index in [-0.39, 0.29) is 12.5 Å². The van der Waals surface area contributed by atoms with Crippen LogP contribution in [0.5, 0.6) is 0 Å². The molecule has 2 heterocycles. The van der Waals surface area contributed by atoms with Crippen molar-refractivity contribution in [2.45, 2.75) is 45.8 Å². The first-order valence-corrected chi connectivity index (χ1v) is 7.07. The maximum Gasteiger partial charge on any atom is 0.257 e. The molecule has 4 nitrogen and oxygen atoms in total. The summed E-state index contributed by atoms with van der Waals surface area (Å²) in [6.07, 6.45) is 5.27. The van der Waals surface area contributed by atoms with E-state index >= 15 is 0 Å². The summed E-state index contributed by atoms with van der Waals surface area (Å²) in [6, 6.07) is 2.01. The topological polar surface area (TPSA) is 53.7 Å². The van der Waals surface area contributed by atoms with Crippen LogP contribution in [0.2, 0.25) is 0 Å². The Morgan fingerprint density at radius 3 is 2.79 bits per heavy atom. The molecule has 1 unspecified atom stereocenters. The van der Waals surface area contributed by atoms with Gasteiger partial charge in [-0.2, -0.15) is 0 Å². The average Bonchev–Trinajstić information content (AvgIpc) is 2.73. The molecule has 1 N–H and O–H groups in total. The fourth-order valence-electron chi connectivity index (χ4n) is 3.84. The van der Waals surface area contributed by atoms with Gasteiger partial charge in [-0.25, -0.2) is 0 Å². The molecule has 0 aromatic carbocycles. The first kappa shape index (κ1) is 12.7. The van der Waals surface area contributed by atoms with Crippen LogP contribution >= 0.6 is 0 Å². The maximum absolute atomic E-state index is 12.5. The predicted molar refractivity (Wildman–Crippen MR) is 70.6 cm³/mol. The Hall–Kier alpha value is -1.29. The van der Waals surface area contributed by atoms with Crippen molar-refractivity contribution in [3.8, 4) is 0 Å². The van der Waals surface area contributed by atoms with Crippen LogP contribution in [0.25, 0.3) is 0 Å². The van der Waals surface area contributed by atoms with Crippen LogP contribution < -0.4 is 0 Å². The lowest BCUT2D eigenvalue weighted by Gasteiger charge is -2.64. The van der Waals surface area contributed by atoms with Crippen LogP contribution in [-0.2, 0) is 6.61 Å². The first-order chi connectivity index (χ1) is 9.07. The molecule has 2 fully saturated rings. The minimum absolute atomic E-state index is 0.0414. The molecule has 1 aliphatic carbocycles. The number of aliphatic hydroxyl groups is 1. The number of hydrogen-bond acceptors (Lipinski definition) is 3. The maximum atomic E-state index is 12.5. The minimum atomic E-state index is -0.162. The van der Waals surface area contributed by atoms with E-state index in [1.54, 1.807) is 6.07 Å². The van der Waals surface area contributed by atoms with Crippen molar-refractivity contribution in [1.82, 2.24) is 4.90 Å². The van der Waals surface area contributed by atoms with Crippen molar-refractivity contribution < 1.29 is 14.3 Å². The Morgan fingerprint density at radius 1 is 1.58 bits per heavy atom. The molecule has 1 spiro atoms. The zero-order valence-corrected chi connectivity index (χ0v) is 11.6. The van der Waals surface area contributed by atoms with Gasteiger partial charge in [0.1, 0.15) is 18.6 Å². The Balaban J connectivity index is 1.77. The Morgan fingerprint density at radius 2 is 2.32 bits per heavy atom. The van der Waals surface area contributed by atoms with E-state index in [4.69, 9.17) is 9.52 Å². The van der Waals surface area contributed by atoms with Gasteiger partial charge in [0.05, 0.1) is 5.56 Å². The van der Waals surface area contributed by atoms with Gasteiger partial charge in [0.25, 0.3) is 5.91 Å². The summed E-state index contributed by atoms with van der Waals surface area (Å²) in [5, 5.41) is 8.99. The highest BCUT2D eigenvalue weighted by atomic mass is 16.4. The zero-order valence-electron chi connectivity index (χ0n) is 11.6. The lowest BCUT2D eigenvalue weighted by molar-refractivity contribution is -0.120. The van der Waals surface area contributed by atoms with Gasteiger partial charge in [-0.05, 0) is 24.8 Å². The van der Waals surface area contributed by atoms with E-state index in [9.17, 15) is 4.79 Å². The SMILES string of the molecule is CC(C)C1N(C(=O)c2coc(CO)c2)CC12CCC2. The summed E-state index contributed by atoms with van der Waals surface area (Å²) in [4.78, 5) is 14.5. The standard InChI is InChI=1S/C15H21NO3/c1-10(2)13-15(4-3-5-15)9-16(13)14(18)11-6-12(7-17)19-8-11/h6,8,10,13,17H,3-5,7,9H2,1-2H3. The lowest BCUT2D eigenvalue weighted by Crippen LogP contribution is -2.70. The molecule has 1 atom stereocenters. The third-order valence-electron chi connectivity index (χ3n) is 4.75. The van der Waals surface area contributed by atoms with Crippen molar-refractivity contribution >= 4 is 5.91 Å². The molecule has 4 heteroatoms. The molecule has 3 rings (SSSR count). The third-order valence-corrected chi connectivity index (χ3v) is 4.75. The molecule has 104 valence electrons. The van der Waals surface area contributed by atoms with Gasteiger partial charge in [-0.1, -0.05) is 20.3 Å². The van der Waals surface area contributed by atoms with Gasteiger partial charge in [0, 0.05) is 18.0 Å². The normalized spacial score (nSPS) is 24.4. The van der Waals surface area contributed by atoms with Gasteiger partial charge in [0.2, 0.25) is 0 Å². The summed E-state index contributed by atoms with van der Waals surface area (Å²) in [7, 11) is 0. The van der Waals surface area contributed by atoms with Crippen LogP contribution in [0.4, 0.5) is 0 Å². The number of hydrogen-bond donors (Lipinski definition) is 1. The Bertz CT molecular complexity index is 487. The smallest absolute Gasteiger partial charge is 0.257 e. The van der Waals surface area contributed by atoms with Crippen LogP contribution in [0.15, 0.2) is 16.7 Å². The van der Waals surface area contributed by atoms with Crippen LogP contribution in [0.1, 0.15) is 49.2 Å². The van der Waals surface area contributed by atoms with Crippen LogP contribution in [-0.4, -0.2) is 28.5 Å². The second kappa shape index (κ2) is 4.37. The molecule has 1 aliphatic heterocycles. The van der Waals surface area contributed by atoms with Gasteiger partial charge in [0.15, 0.2) is 0 Å². The molecular weight excluding hydrogens is 242 g/mol. The highest BCUT2D eigenvalue weighted by Gasteiger charge is 2.58. The van der Waals surface area contributed by atoms with Gasteiger partial charge in [-0.3, -0.25) is 4.79 Å². The third kappa shape index (κ3) is 1.81. The van der Waals surface area contributed by atoms with Crippen molar-refractivity contribution in [1.29, 1.82) is 0 Å². The number of nitrogens with zero attached hydrogens (tertiary/aromatic N) is 1. The summed E-state index contributed by atoms with van der Waals surface area (Å²) in [6.45, 7) is 5.11. The summed E-state index contributed by atoms with van der Waals surface area (Å²) in [5.41, 5.74) is 0.955. The molecule has 2 aliphatic rings. The number of amides is 1. The highest BCUT2D eigenvalue weighted by molar-refractivity contribution is 5.95. The molecule has 1 saturated carbocycles. The van der Waals surface area contributed by atoms with Gasteiger partial charge >= 0.3 is 0 Å². The van der Waals surface area contributed by atoms with Crippen LogP contribution in [0.3, 0.4) is 0 Å². The van der Waals surface area contributed by atoms with E-state index in [1.165, 1.54) is 25.5 Å². The number of carbonyl (C=O) groups is 1. The molecule has 1 aromatic heterocycles. The predicted octanol–water partition coefficient (Wildman–Crippen LogP) is 2.42. The zero-order chi connectivity index (χ0) is 13.6.